The highest BCUT2D eigenvalue weighted by Crippen LogP contribution is 2.55. The van der Waals surface area contributed by atoms with Crippen LogP contribution in [0.4, 0.5) is 0 Å². The summed E-state index contributed by atoms with van der Waals surface area (Å²) in [6.07, 6.45) is 0. The Morgan fingerprint density at radius 1 is 0.429 bits per heavy atom. The third-order valence-electron chi connectivity index (χ3n) is 11.0. The first kappa shape index (κ1) is 26.9. The topological polar surface area (TPSA) is 22.4 Å². The summed E-state index contributed by atoms with van der Waals surface area (Å²) < 4.78 is 12.8. The molecule has 2 aliphatic rings. The van der Waals surface area contributed by atoms with Gasteiger partial charge in [-0.3, -0.25) is 0 Å². The van der Waals surface area contributed by atoms with E-state index in [1.807, 2.05) is 6.07 Å². The molecule has 0 fully saturated rings. The van der Waals surface area contributed by atoms with Gasteiger partial charge in [0.2, 0.25) is 0 Å². The van der Waals surface area contributed by atoms with E-state index >= 15 is 0 Å². The Hall–Kier alpha value is -6.12. The summed E-state index contributed by atoms with van der Waals surface area (Å²) in [6, 6.07) is 52.8. The second-order valence-corrected chi connectivity index (χ2v) is 14.1. The van der Waals surface area contributed by atoms with Crippen molar-refractivity contribution < 1.29 is 9.15 Å². The van der Waals surface area contributed by atoms with Gasteiger partial charge >= 0.3 is 0 Å². The Labute approximate surface area is 283 Å². The predicted octanol–water partition coefficient (Wildman–Crippen LogP) is 13.3. The van der Waals surface area contributed by atoms with Crippen LogP contribution < -0.4 is 4.74 Å². The van der Waals surface area contributed by atoms with E-state index < -0.39 is 0 Å². The third-order valence-corrected chi connectivity index (χ3v) is 11.0. The fourth-order valence-corrected chi connectivity index (χ4v) is 8.68. The molecule has 0 atom stereocenters. The number of benzene rings is 8. The molecule has 2 heterocycles. The van der Waals surface area contributed by atoms with Crippen molar-refractivity contribution in [1.82, 2.24) is 0 Å². The molecule has 0 spiro atoms. The van der Waals surface area contributed by atoms with Crippen molar-refractivity contribution in [3.05, 3.63) is 157 Å². The molecule has 8 aromatic carbocycles. The fourth-order valence-electron chi connectivity index (χ4n) is 8.68. The molecule has 2 nitrogen and oxygen atoms in total. The SMILES string of the molecule is CC1(C)c2ccccc2-c2c1cc1cc(-c3ccc4c(c3)-c3cccc5cccc(c35)O4)ccc1c2-c1ccc2c(c1)oc1ccccc12. The van der Waals surface area contributed by atoms with E-state index in [0.29, 0.717) is 0 Å². The molecule has 0 N–H and O–H groups in total. The van der Waals surface area contributed by atoms with Gasteiger partial charge in [0.15, 0.2) is 0 Å². The largest absolute Gasteiger partial charge is 0.456 e. The van der Waals surface area contributed by atoms with Crippen LogP contribution in [0.1, 0.15) is 25.0 Å². The molecule has 2 heteroatoms. The van der Waals surface area contributed by atoms with E-state index in [2.05, 4.69) is 153 Å². The van der Waals surface area contributed by atoms with Crippen LogP contribution in [0, 0.1) is 0 Å². The van der Waals surface area contributed by atoms with E-state index in [-0.39, 0.29) is 5.41 Å². The van der Waals surface area contributed by atoms with Crippen LogP contribution in [0.2, 0.25) is 0 Å². The maximum Gasteiger partial charge on any atom is 0.136 e. The van der Waals surface area contributed by atoms with E-state index in [4.69, 9.17) is 9.15 Å². The lowest BCUT2D eigenvalue weighted by atomic mass is 9.80. The molecule has 49 heavy (non-hydrogen) atoms. The molecule has 0 bridgehead atoms. The minimum atomic E-state index is -0.135. The quantitative estimate of drug-likeness (QED) is 0.190. The summed E-state index contributed by atoms with van der Waals surface area (Å²) in [4.78, 5) is 0. The molecule has 1 aromatic heterocycles. The molecule has 230 valence electrons. The molecule has 0 saturated carbocycles. The summed E-state index contributed by atoms with van der Waals surface area (Å²) in [5, 5.41) is 7.15. The van der Waals surface area contributed by atoms with E-state index in [1.165, 1.54) is 71.6 Å². The van der Waals surface area contributed by atoms with Gasteiger partial charge in [0.05, 0.1) is 0 Å². The lowest BCUT2D eigenvalue weighted by Gasteiger charge is -2.23. The van der Waals surface area contributed by atoms with Crippen molar-refractivity contribution in [2.75, 3.05) is 0 Å². The summed E-state index contributed by atoms with van der Waals surface area (Å²) >= 11 is 0. The van der Waals surface area contributed by atoms with Gasteiger partial charge in [0.1, 0.15) is 22.7 Å². The molecule has 1 aliphatic heterocycles. The number of hydrogen-bond donors (Lipinski definition) is 0. The first-order valence-corrected chi connectivity index (χ1v) is 17.0. The number of fused-ring (bicyclic) bond motifs is 9. The average Bonchev–Trinajstić information content (AvgIpc) is 3.62. The smallest absolute Gasteiger partial charge is 0.136 e. The standard InChI is InChI=1S/C47H30O2/c1-47(2)38-14-5-3-12-36(38)46-39(47)25-31-23-28(29-19-22-41-37(24-29)35-13-7-9-27-10-8-16-42(48-41)44(27)35)17-20-32(31)45(46)30-18-21-34-33-11-4-6-15-40(33)49-43(34)26-30/h3-26H,1-2H3. The van der Waals surface area contributed by atoms with Gasteiger partial charge in [-0.2, -0.15) is 0 Å². The molecule has 0 radical (unpaired) electrons. The minimum Gasteiger partial charge on any atom is -0.456 e. The van der Waals surface area contributed by atoms with Gasteiger partial charge in [-0.05, 0) is 115 Å². The molecule has 9 aromatic rings. The number of hydrogen-bond acceptors (Lipinski definition) is 2. The zero-order valence-corrected chi connectivity index (χ0v) is 27.2. The molecule has 11 rings (SSSR count). The Morgan fingerprint density at radius 2 is 1.16 bits per heavy atom. The van der Waals surface area contributed by atoms with Gasteiger partial charge in [-0.15, -0.1) is 0 Å². The molecule has 0 amide bonds. The zero-order valence-electron chi connectivity index (χ0n) is 27.2. The van der Waals surface area contributed by atoms with E-state index in [9.17, 15) is 0 Å². The van der Waals surface area contributed by atoms with Crippen LogP contribution in [0.25, 0.3) is 88.0 Å². The van der Waals surface area contributed by atoms with Gasteiger partial charge in [0, 0.05) is 27.1 Å². The first-order valence-electron chi connectivity index (χ1n) is 17.0. The van der Waals surface area contributed by atoms with Crippen LogP contribution in [0.15, 0.2) is 150 Å². The van der Waals surface area contributed by atoms with Crippen molar-refractivity contribution in [2.24, 2.45) is 0 Å². The van der Waals surface area contributed by atoms with E-state index in [0.717, 1.165) is 39.0 Å². The van der Waals surface area contributed by atoms with Crippen LogP contribution >= 0.6 is 0 Å². The highest BCUT2D eigenvalue weighted by Gasteiger charge is 2.37. The van der Waals surface area contributed by atoms with Crippen molar-refractivity contribution >= 4 is 43.5 Å². The summed E-state index contributed by atoms with van der Waals surface area (Å²) in [6.45, 7) is 4.73. The Balaban J connectivity index is 1.14. The average molecular weight is 627 g/mol. The molecule has 0 unspecified atom stereocenters. The monoisotopic (exact) mass is 626 g/mol. The number of furan rings is 1. The minimum absolute atomic E-state index is 0.135. The summed E-state index contributed by atoms with van der Waals surface area (Å²) in [5.41, 5.74) is 14.2. The summed E-state index contributed by atoms with van der Waals surface area (Å²) in [7, 11) is 0. The van der Waals surface area contributed by atoms with Crippen molar-refractivity contribution in [1.29, 1.82) is 0 Å². The van der Waals surface area contributed by atoms with Gasteiger partial charge in [-0.25, -0.2) is 0 Å². The molecule has 1 aliphatic carbocycles. The maximum absolute atomic E-state index is 6.42. The van der Waals surface area contributed by atoms with Crippen LogP contribution in [-0.4, -0.2) is 0 Å². The van der Waals surface area contributed by atoms with Crippen molar-refractivity contribution in [3.63, 3.8) is 0 Å². The first-order chi connectivity index (χ1) is 24.0. The van der Waals surface area contributed by atoms with Crippen LogP contribution in [-0.2, 0) is 5.41 Å². The Morgan fingerprint density at radius 3 is 2.10 bits per heavy atom. The summed E-state index contributed by atoms with van der Waals surface area (Å²) in [5.74, 6) is 1.82. The lowest BCUT2D eigenvalue weighted by Crippen LogP contribution is -2.15. The second kappa shape index (κ2) is 9.49. The Bertz CT molecular complexity index is 2880. The Kier molecular flexibility index (Phi) is 5.21. The van der Waals surface area contributed by atoms with Crippen LogP contribution in [0.5, 0.6) is 11.5 Å². The second-order valence-electron chi connectivity index (χ2n) is 14.1. The zero-order chi connectivity index (χ0) is 32.4. The maximum atomic E-state index is 6.42. The molecular formula is C47H30O2. The van der Waals surface area contributed by atoms with Gasteiger partial charge in [0.25, 0.3) is 0 Å². The lowest BCUT2D eigenvalue weighted by molar-refractivity contribution is 0.487. The number of ether oxygens (including phenoxy) is 1. The molecule has 0 saturated heterocycles. The highest BCUT2D eigenvalue weighted by atomic mass is 16.5. The van der Waals surface area contributed by atoms with Crippen LogP contribution in [0.3, 0.4) is 0 Å². The van der Waals surface area contributed by atoms with Crippen molar-refractivity contribution in [3.8, 4) is 56.0 Å². The third kappa shape index (κ3) is 3.66. The van der Waals surface area contributed by atoms with E-state index in [1.54, 1.807) is 0 Å². The highest BCUT2D eigenvalue weighted by molar-refractivity contribution is 6.12. The normalized spacial score (nSPS) is 13.8. The molecular weight excluding hydrogens is 597 g/mol. The fraction of sp³-hybridized carbons (Fsp3) is 0.0638. The number of para-hydroxylation sites is 1. The number of rotatable bonds is 2. The predicted molar refractivity (Wildman–Crippen MR) is 203 cm³/mol. The van der Waals surface area contributed by atoms with Gasteiger partial charge < -0.3 is 9.15 Å². The van der Waals surface area contributed by atoms with Crippen molar-refractivity contribution in [2.45, 2.75) is 19.3 Å². The van der Waals surface area contributed by atoms with Gasteiger partial charge in [-0.1, -0.05) is 111 Å².